The van der Waals surface area contributed by atoms with Crippen molar-refractivity contribution in [2.75, 3.05) is 32.7 Å². The number of aliphatic hydroxyl groups excluding tert-OH is 1. The van der Waals surface area contributed by atoms with Crippen molar-refractivity contribution in [3.63, 3.8) is 0 Å². The van der Waals surface area contributed by atoms with Crippen molar-refractivity contribution in [1.29, 1.82) is 0 Å². The molecule has 2 aromatic rings. The average Bonchev–Trinajstić information content (AvgIpc) is 2.63. The van der Waals surface area contributed by atoms with Crippen LogP contribution >= 0.6 is 0 Å². The summed E-state index contributed by atoms with van der Waals surface area (Å²) in [5.41, 5.74) is 0.886. The van der Waals surface area contributed by atoms with E-state index in [9.17, 15) is 13.5 Å². The molecule has 24 heavy (non-hydrogen) atoms. The molecular formula is C18H22N2O3S. The van der Waals surface area contributed by atoms with E-state index in [1.165, 1.54) is 4.31 Å². The predicted molar refractivity (Wildman–Crippen MR) is 93.0 cm³/mol. The summed E-state index contributed by atoms with van der Waals surface area (Å²) in [5.74, 6) is 0. The van der Waals surface area contributed by atoms with Crippen molar-refractivity contribution < 1.29 is 13.5 Å². The van der Waals surface area contributed by atoms with Crippen LogP contribution in [-0.2, 0) is 10.0 Å². The molecule has 6 heteroatoms. The lowest BCUT2D eigenvalue weighted by Gasteiger charge is -2.35. The van der Waals surface area contributed by atoms with E-state index in [0.717, 1.165) is 5.56 Å². The van der Waals surface area contributed by atoms with Crippen LogP contribution in [0.2, 0.25) is 0 Å². The molecule has 5 nitrogen and oxygen atoms in total. The van der Waals surface area contributed by atoms with E-state index in [0.29, 0.717) is 37.6 Å². The number of hydrogen-bond donors (Lipinski definition) is 1. The summed E-state index contributed by atoms with van der Waals surface area (Å²) < 4.78 is 26.7. The highest BCUT2D eigenvalue weighted by atomic mass is 32.2. The summed E-state index contributed by atoms with van der Waals surface area (Å²) in [5, 5.41) is 10.3. The molecule has 128 valence electrons. The minimum Gasteiger partial charge on any atom is -0.387 e. The maximum absolute atomic E-state index is 12.6. The van der Waals surface area contributed by atoms with Crippen LogP contribution in [-0.4, -0.2) is 55.5 Å². The van der Waals surface area contributed by atoms with Gasteiger partial charge in [0, 0.05) is 32.7 Å². The van der Waals surface area contributed by atoms with E-state index in [2.05, 4.69) is 4.90 Å². The van der Waals surface area contributed by atoms with Gasteiger partial charge in [0.15, 0.2) is 0 Å². The molecule has 1 saturated heterocycles. The van der Waals surface area contributed by atoms with Gasteiger partial charge < -0.3 is 5.11 Å². The Morgan fingerprint density at radius 2 is 1.42 bits per heavy atom. The number of β-amino-alcohol motifs (C(OH)–C–C–N with tert-alkyl or cyclic N) is 1. The Morgan fingerprint density at radius 1 is 0.875 bits per heavy atom. The van der Waals surface area contributed by atoms with Crippen LogP contribution in [0.15, 0.2) is 65.6 Å². The third-order valence-electron chi connectivity index (χ3n) is 4.33. The zero-order valence-corrected chi connectivity index (χ0v) is 14.3. The van der Waals surface area contributed by atoms with Gasteiger partial charge in [-0.15, -0.1) is 0 Å². The summed E-state index contributed by atoms with van der Waals surface area (Å²) in [6, 6.07) is 18.1. The van der Waals surface area contributed by atoms with E-state index in [-0.39, 0.29) is 0 Å². The van der Waals surface area contributed by atoms with Gasteiger partial charge in [-0.05, 0) is 17.7 Å². The quantitative estimate of drug-likeness (QED) is 0.896. The molecule has 2 aromatic carbocycles. The summed E-state index contributed by atoms with van der Waals surface area (Å²) >= 11 is 0. The van der Waals surface area contributed by atoms with Gasteiger partial charge >= 0.3 is 0 Å². The lowest BCUT2D eigenvalue weighted by molar-refractivity contribution is 0.0921. The lowest BCUT2D eigenvalue weighted by atomic mass is 10.1. The van der Waals surface area contributed by atoms with Crippen molar-refractivity contribution in [2.45, 2.75) is 11.0 Å². The fourth-order valence-electron chi connectivity index (χ4n) is 2.92. The molecule has 0 radical (unpaired) electrons. The minimum absolute atomic E-state index is 0.336. The first-order valence-corrected chi connectivity index (χ1v) is 9.52. The molecule has 0 bridgehead atoms. The molecule has 0 amide bonds. The van der Waals surface area contributed by atoms with Crippen LogP contribution in [0.5, 0.6) is 0 Å². The Balaban J connectivity index is 1.58. The molecule has 0 aromatic heterocycles. The Labute approximate surface area is 143 Å². The Kier molecular flexibility index (Phi) is 5.30. The normalized spacial score (nSPS) is 18.4. The molecule has 1 unspecified atom stereocenters. The highest BCUT2D eigenvalue weighted by Gasteiger charge is 2.28. The molecule has 3 rings (SSSR count). The fourth-order valence-corrected chi connectivity index (χ4v) is 4.36. The highest BCUT2D eigenvalue weighted by molar-refractivity contribution is 7.89. The largest absolute Gasteiger partial charge is 0.387 e. The standard InChI is InChI=1S/C18H22N2O3S/c21-18(16-7-3-1-4-8-16)15-19-11-13-20(14-12-19)24(22,23)17-9-5-2-6-10-17/h1-10,18,21H,11-15H2. The Hall–Kier alpha value is -1.73. The predicted octanol–water partition coefficient (Wildman–Crippen LogP) is 1.73. The van der Waals surface area contributed by atoms with Crippen molar-refractivity contribution in [3.05, 3.63) is 66.2 Å². The molecule has 0 aliphatic carbocycles. The van der Waals surface area contributed by atoms with Gasteiger partial charge in [-0.3, -0.25) is 4.90 Å². The summed E-state index contributed by atoms with van der Waals surface area (Å²) in [6.45, 7) is 2.65. The summed E-state index contributed by atoms with van der Waals surface area (Å²) in [4.78, 5) is 2.44. The fraction of sp³-hybridized carbons (Fsp3) is 0.333. The second-order valence-electron chi connectivity index (χ2n) is 5.94. The first kappa shape index (κ1) is 17.1. The van der Waals surface area contributed by atoms with Crippen LogP contribution in [0.25, 0.3) is 0 Å². The van der Waals surface area contributed by atoms with Gasteiger partial charge in [-0.25, -0.2) is 8.42 Å². The number of sulfonamides is 1. The second-order valence-corrected chi connectivity index (χ2v) is 7.88. The molecule has 0 saturated carbocycles. The monoisotopic (exact) mass is 346 g/mol. The SMILES string of the molecule is O=S(=O)(c1ccccc1)N1CCN(CC(O)c2ccccc2)CC1. The number of benzene rings is 2. The average molecular weight is 346 g/mol. The maximum Gasteiger partial charge on any atom is 0.243 e. The van der Waals surface area contributed by atoms with E-state index >= 15 is 0 Å². The third kappa shape index (κ3) is 3.84. The third-order valence-corrected chi connectivity index (χ3v) is 6.24. The molecule has 1 fully saturated rings. The highest BCUT2D eigenvalue weighted by Crippen LogP contribution is 2.19. The molecule has 0 spiro atoms. The van der Waals surface area contributed by atoms with Gasteiger partial charge in [0.25, 0.3) is 0 Å². The van der Waals surface area contributed by atoms with E-state index in [1.807, 2.05) is 36.4 Å². The van der Waals surface area contributed by atoms with E-state index < -0.39 is 16.1 Å². The van der Waals surface area contributed by atoms with Crippen molar-refractivity contribution in [3.8, 4) is 0 Å². The molecule has 1 aliphatic heterocycles. The Morgan fingerprint density at radius 3 is 2.00 bits per heavy atom. The zero-order chi connectivity index (χ0) is 17.0. The first-order chi connectivity index (χ1) is 11.6. The number of aliphatic hydroxyl groups is 1. The molecule has 1 aliphatic rings. The smallest absolute Gasteiger partial charge is 0.243 e. The summed E-state index contributed by atoms with van der Waals surface area (Å²) in [7, 11) is -3.42. The topological polar surface area (TPSA) is 60.9 Å². The van der Waals surface area contributed by atoms with Crippen LogP contribution in [0.4, 0.5) is 0 Å². The molecular weight excluding hydrogens is 324 g/mol. The van der Waals surface area contributed by atoms with Crippen molar-refractivity contribution in [1.82, 2.24) is 9.21 Å². The van der Waals surface area contributed by atoms with Gasteiger partial charge in [-0.2, -0.15) is 4.31 Å². The van der Waals surface area contributed by atoms with Crippen LogP contribution in [0.1, 0.15) is 11.7 Å². The summed E-state index contributed by atoms with van der Waals surface area (Å²) in [6.07, 6.45) is -0.552. The van der Waals surface area contributed by atoms with Crippen molar-refractivity contribution >= 4 is 10.0 Å². The van der Waals surface area contributed by atoms with Crippen LogP contribution in [0, 0.1) is 0 Å². The zero-order valence-electron chi connectivity index (χ0n) is 13.5. The molecule has 1 N–H and O–H groups in total. The lowest BCUT2D eigenvalue weighted by Crippen LogP contribution is -2.49. The number of rotatable bonds is 5. The number of hydrogen-bond acceptors (Lipinski definition) is 4. The molecule has 1 heterocycles. The van der Waals surface area contributed by atoms with E-state index in [4.69, 9.17) is 0 Å². The Bertz CT molecular complexity index is 742. The van der Waals surface area contributed by atoms with E-state index in [1.54, 1.807) is 24.3 Å². The minimum atomic E-state index is -3.42. The second kappa shape index (κ2) is 7.44. The van der Waals surface area contributed by atoms with Crippen LogP contribution in [0.3, 0.4) is 0 Å². The first-order valence-electron chi connectivity index (χ1n) is 8.08. The van der Waals surface area contributed by atoms with Gasteiger partial charge in [0.05, 0.1) is 11.0 Å². The van der Waals surface area contributed by atoms with Crippen molar-refractivity contribution in [2.24, 2.45) is 0 Å². The number of piperazine rings is 1. The molecule has 1 atom stereocenters. The van der Waals surface area contributed by atoms with Crippen LogP contribution < -0.4 is 0 Å². The number of nitrogens with zero attached hydrogens (tertiary/aromatic N) is 2. The maximum atomic E-state index is 12.6. The van der Waals surface area contributed by atoms with Gasteiger partial charge in [-0.1, -0.05) is 48.5 Å². The van der Waals surface area contributed by atoms with Gasteiger partial charge in [0.2, 0.25) is 10.0 Å². The van der Waals surface area contributed by atoms with Gasteiger partial charge in [0.1, 0.15) is 0 Å².